The van der Waals surface area contributed by atoms with Gasteiger partial charge in [0.15, 0.2) is 0 Å². The van der Waals surface area contributed by atoms with Crippen molar-refractivity contribution in [2.45, 2.75) is 39.0 Å². The molecule has 0 aromatic heterocycles. The van der Waals surface area contributed by atoms with Gasteiger partial charge >= 0.3 is 0 Å². The smallest absolute Gasteiger partial charge is 0.126 e. The lowest BCUT2D eigenvalue weighted by Crippen LogP contribution is -2.31. The van der Waals surface area contributed by atoms with Crippen LogP contribution < -0.4 is 0 Å². The summed E-state index contributed by atoms with van der Waals surface area (Å²) in [6, 6.07) is 13.5. The molecule has 2 aromatic carbocycles. The molecule has 1 atom stereocenters. The Bertz CT molecular complexity index is 697. The van der Waals surface area contributed by atoms with Crippen molar-refractivity contribution >= 4 is 12.4 Å². The summed E-state index contributed by atoms with van der Waals surface area (Å²) in [7, 11) is 1.74. The second-order valence-electron chi connectivity index (χ2n) is 7.27. The van der Waals surface area contributed by atoms with E-state index in [1.165, 1.54) is 29.5 Å². The van der Waals surface area contributed by atoms with Gasteiger partial charge in [0.1, 0.15) is 5.82 Å². The van der Waals surface area contributed by atoms with Crippen LogP contribution in [-0.2, 0) is 11.3 Å². The van der Waals surface area contributed by atoms with Crippen LogP contribution >= 0.6 is 12.4 Å². The molecule has 0 aliphatic heterocycles. The van der Waals surface area contributed by atoms with Crippen LogP contribution in [0.3, 0.4) is 0 Å². The van der Waals surface area contributed by atoms with Gasteiger partial charge < -0.3 is 4.84 Å². The third-order valence-corrected chi connectivity index (χ3v) is 5.22. The average molecular weight is 378 g/mol. The minimum absolute atomic E-state index is 0. The van der Waals surface area contributed by atoms with Gasteiger partial charge in [-0.05, 0) is 67.3 Å². The maximum Gasteiger partial charge on any atom is 0.126 e. The SMILES string of the molecule is CON(CC1CC1)CC(Cc1ccccc1F)c1c(C)cccc1C.Cl. The van der Waals surface area contributed by atoms with Crippen LogP contribution in [0.2, 0.25) is 0 Å². The average Bonchev–Trinajstić information content (AvgIpc) is 3.40. The molecule has 0 saturated heterocycles. The molecule has 1 aliphatic carbocycles. The van der Waals surface area contributed by atoms with E-state index in [0.29, 0.717) is 6.42 Å². The molecule has 142 valence electrons. The zero-order valence-electron chi connectivity index (χ0n) is 15.9. The van der Waals surface area contributed by atoms with E-state index in [0.717, 1.165) is 24.6 Å². The number of hydrogen-bond acceptors (Lipinski definition) is 2. The molecule has 26 heavy (non-hydrogen) atoms. The van der Waals surface area contributed by atoms with Gasteiger partial charge in [-0.3, -0.25) is 0 Å². The predicted octanol–water partition coefficient (Wildman–Crippen LogP) is 5.46. The second kappa shape index (κ2) is 9.50. The van der Waals surface area contributed by atoms with Crippen LogP contribution in [0.5, 0.6) is 0 Å². The summed E-state index contributed by atoms with van der Waals surface area (Å²) in [6.07, 6.45) is 3.27. The largest absolute Gasteiger partial charge is 0.302 e. The molecular formula is C22H29ClFNO. The van der Waals surface area contributed by atoms with Crippen molar-refractivity contribution in [2.75, 3.05) is 20.2 Å². The maximum absolute atomic E-state index is 14.3. The van der Waals surface area contributed by atoms with Gasteiger partial charge in [-0.15, -0.1) is 12.4 Å². The monoisotopic (exact) mass is 377 g/mol. The lowest BCUT2D eigenvalue weighted by molar-refractivity contribution is -0.137. The fourth-order valence-electron chi connectivity index (χ4n) is 3.72. The molecule has 0 N–H and O–H groups in total. The number of halogens is 2. The van der Waals surface area contributed by atoms with E-state index < -0.39 is 0 Å². The lowest BCUT2D eigenvalue weighted by atomic mass is 9.86. The summed E-state index contributed by atoms with van der Waals surface area (Å²) in [4.78, 5) is 5.64. The zero-order valence-corrected chi connectivity index (χ0v) is 16.7. The summed E-state index contributed by atoms with van der Waals surface area (Å²) < 4.78 is 14.3. The molecule has 1 aliphatic rings. The molecule has 0 amide bonds. The Labute approximate surface area is 162 Å². The van der Waals surface area contributed by atoms with Gasteiger partial charge in [-0.2, -0.15) is 5.06 Å². The molecular weight excluding hydrogens is 349 g/mol. The number of hydrogen-bond donors (Lipinski definition) is 0. The van der Waals surface area contributed by atoms with Gasteiger partial charge in [0.2, 0.25) is 0 Å². The van der Waals surface area contributed by atoms with Crippen LogP contribution in [0.4, 0.5) is 4.39 Å². The molecule has 0 bridgehead atoms. The molecule has 3 rings (SSSR count). The van der Waals surface area contributed by atoms with E-state index in [1.807, 2.05) is 12.1 Å². The van der Waals surface area contributed by atoms with Gasteiger partial charge in [-0.1, -0.05) is 36.4 Å². The highest BCUT2D eigenvalue weighted by Gasteiger charge is 2.27. The molecule has 0 spiro atoms. The van der Waals surface area contributed by atoms with E-state index in [2.05, 4.69) is 37.1 Å². The Morgan fingerprint density at radius 2 is 1.73 bits per heavy atom. The van der Waals surface area contributed by atoms with Crippen LogP contribution in [0, 0.1) is 25.6 Å². The first-order valence-corrected chi connectivity index (χ1v) is 9.17. The summed E-state index contributed by atoms with van der Waals surface area (Å²) in [5.74, 6) is 0.841. The maximum atomic E-state index is 14.3. The fourth-order valence-corrected chi connectivity index (χ4v) is 3.72. The zero-order chi connectivity index (χ0) is 17.8. The fraction of sp³-hybridized carbons (Fsp3) is 0.455. The minimum Gasteiger partial charge on any atom is -0.302 e. The molecule has 2 aromatic rings. The van der Waals surface area contributed by atoms with Crippen LogP contribution in [0.25, 0.3) is 0 Å². The van der Waals surface area contributed by atoms with Crippen molar-refractivity contribution in [2.24, 2.45) is 5.92 Å². The van der Waals surface area contributed by atoms with Crippen LogP contribution in [0.15, 0.2) is 42.5 Å². The first kappa shape index (κ1) is 20.9. The molecule has 1 saturated carbocycles. The van der Waals surface area contributed by atoms with Gasteiger partial charge in [0.25, 0.3) is 0 Å². The predicted molar refractivity (Wildman–Crippen MR) is 107 cm³/mol. The quantitative estimate of drug-likeness (QED) is 0.566. The van der Waals surface area contributed by atoms with E-state index in [1.54, 1.807) is 19.2 Å². The Balaban J connectivity index is 0.00000243. The normalized spacial score (nSPS) is 15.0. The summed E-state index contributed by atoms with van der Waals surface area (Å²) in [5.41, 5.74) is 4.63. The summed E-state index contributed by atoms with van der Waals surface area (Å²) >= 11 is 0. The van der Waals surface area contributed by atoms with Gasteiger partial charge in [-0.25, -0.2) is 4.39 Å². The van der Waals surface area contributed by atoms with Crippen molar-refractivity contribution in [3.8, 4) is 0 Å². The second-order valence-corrected chi connectivity index (χ2v) is 7.27. The highest BCUT2D eigenvalue weighted by Crippen LogP contribution is 2.33. The Morgan fingerprint density at radius 3 is 2.31 bits per heavy atom. The van der Waals surface area contributed by atoms with Crippen molar-refractivity contribution in [3.05, 3.63) is 70.5 Å². The Kier molecular flexibility index (Phi) is 7.63. The molecule has 4 heteroatoms. The number of rotatable bonds is 8. The first-order chi connectivity index (χ1) is 12.1. The molecule has 2 nitrogen and oxygen atoms in total. The number of aryl methyl sites for hydroxylation is 2. The van der Waals surface area contributed by atoms with Crippen LogP contribution in [-0.4, -0.2) is 25.3 Å². The topological polar surface area (TPSA) is 12.5 Å². The molecule has 0 heterocycles. The van der Waals surface area contributed by atoms with Crippen LogP contribution in [0.1, 0.15) is 41.0 Å². The minimum atomic E-state index is -0.120. The van der Waals surface area contributed by atoms with E-state index in [-0.39, 0.29) is 24.1 Å². The summed E-state index contributed by atoms with van der Waals surface area (Å²) in [5, 5.41) is 2.06. The number of hydroxylamine groups is 2. The van der Waals surface area contributed by atoms with Gasteiger partial charge in [0, 0.05) is 19.0 Å². The number of nitrogens with zero attached hydrogens (tertiary/aromatic N) is 1. The Morgan fingerprint density at radius 1 is 1.08 bits per heavy atom. The van der Waals surface area contributed by atoms with Gasteiger partial charge in [0.05, 0.1) is 7.11 Å². The van der Waals surface area contributed by atoms with E-state index in [4.69, 9.17) is 4.84 Å². The van der Waals surface area contributed by atoms with Crippen molar-refractivity contribution in [3.63, 3.8) is 0 Å². The summed E-state index contributed by atoms with van der Waals surface area (Å²) in [6.45, 7) is 6.05. The van der Waals surface area contributed by atoms with E-state index in [9.17, 15) is 4.39 Å². The Hall–Kier alpha value is -1.42. The lowest BCUT2D eigenvalue weighted by Gasteiger charge is -2.28. The molecule has 1 unspecified atom stereocenters. The third kappa shape index (κ3) is 5.29. The highest BCUT2D eigenvalue weighted by atomic mass is 35.5. The van der Waals surface area contributed by atoms with E-state index >= 15 is 0 Å². The van der Waals surface area contributed by atoms with Crippen molar-refractivity contribution in [1.82, 2.24) is 5.06 Å². The van der Waals surface area contributed by atoms with Crippen molar-refractivity contribution < 1.29 is 9.23 Å². The van der Waals surface area contributed by atoms with Crippen molar-refractivity contribution in [1.29, 1.82) is 0 Å². The molecule has 1 fully saturated rings. The third-order valence-electron chi connectivity index (χ3n) is 5.22. The standard InChI is InChI=1S/C22H28FNO.ClH/c1-16-7-6-8-17(2)22(16)20(13-19-9-4-5-10-21(19)23)15-24(25-3)14-18-11-12-18;/h4-10,18,20H,11-15H2,1-3H3;1H. The molecule has 0 radical (unpaired) electrons. The number of benzene rings is 2. The first-order valence-electron chi connectivity index (χ1n) is 9.17. The highest BCUT2D eigenvalue weighted by molar-refractivity contribution is 5.85.